The number of nitro groups is 2. The van der Waals surface area contributed by atoms with Gasteiger partial charge in [-0.3, -0.25) is 20.2 Å². The Balaban J connectivity index is 2.27. The molecule has 0 N–H and O–H groups in total. The molecular weight excluding hydrogens is 278 g/mol. The molecule has 0 saturated heterocycles. The van der Waals surface area contributed by atoms with Crippen molar-refractivity contribution in [3.8, 4) is 17.6 Å². The Bertz CT molecular complexity index is 749. The van der Waals surface area contributed by atoms with E-state index in [0.717, 1.165) is 6.07 Å². The second kappa shape index (κ2) is 5.66. The normalized spacial score (nSPS) is 9.67. The lowest BCUT2D eigenvalue weighted by atomic mass is 10.2. The van der Waals surface area contributed by atoms with E-state index in [1.165, 1.54) is 36.4 Å². The third kappa shape index (κ3) is 3.10. The van der Waals surface area contributed by atoms with Gasteiger partial charge in [-0.15, -0.1) is 0 Å². The van der Waals surface area contributed by atoms with Gasteiger partial charge in [0, 0.05) is 12.1 Å². The minimum atomic E-state index is -0.679. The molecule has 0 bridgehead atoms. The molecule has 0 radical (unpaired) electrons. The minimum absolute atomic E-state index is 0.0731. The molecule has 8 heteroatoms. The van der Waals surface area contributed by atoms with Crippen molar-refractivity contribution in [1.29, 1.82) is 5.26 Å². The first-order chi connectivity index (χ1) is 10.0. The Labute approximate surface area is 118 Å². The van der Waals surface area contributed by atoms with Gasteiger partial charge >= 0.3 is 0 Å². The van der Waals surface area contributed by atoms with Gasteiger partial charge in [0.2, 0.25) is 0 Å². The Morgan fingerprint density at radius 2 is 1.57 bits per heavy atom. The van der Waals surface area contributed by atoms with Crippen LogP contribution >= 0.6 is 0 Å². The van der Waals surface area contributed by atoms with Crippen molar-refractivity contribution in [3.63, 3.8) is 0 Å². The van der Waals surface area contributed by atoms with E-state index in [-0.39, 0.29) is 22.7 Å². The molecule has 0 atom stereocenters. The van der Waals surface area contributed by atoms with Gasteiger partial charge in [0.15, 0.2) is 0 Å². The van der Waals surface area contributed by atoms with E-state index >= 15 is 0 Å². The molecule has 0 aliphatic rings. The molecule has 0 aliphatic carbocycles. The highest BCUT2D eigenvalue weighted by atomic mass is 16.6. The zero-order valence-electron chi connectivity index (χ0n) is 10.4. The molecule has 0 spiro atoms. The maximum absolute atomic E-state index is 10.8. The van der Waals surface area contributed by atoms with E-state index in [0.29, 0.717) is 5.75 Å². The second-order valence-electron chi connectivity index (χ2n) is 3.90. The molecule has 0 aliphatic heterocycles. The van der Waals surface area contributed by atoms with Crippen LogP contribution in [0.4, 0.5) is 11.4 Å². The van der Waals surface area contributed by atoms with E-state index in [4.69, 9.17) is 10.00 Å². The van der Waals surface area contributed by atoms with E-state index in [1.54, 1.807) is 6.07 Å². The van der Waals surface area contributed by atoms with Gasteiger partial charge in [-0.2, -0.15) is 5.26 Å². The lowest BCUT2D eigenvalue weighted by Crippen LogP contribution is -1.93. The molecule has 2 rings (SSSR count). The number of nitriles is 1. The molecule has 0 aromatic heterocycles. The minimum Gasteiger partial charge on any atom is -0.457 e. The lowest BCUT2D eigenvalue weighted by molar-refractivity contribution is -0.385. The van der Waals surface area contributed by atoms with Crippen LogP contribution in [0.5, 0.6) is 11.5 Å². The van der Waals surface area contributed by atoms with Crippen molar-refractivity contribution >= 4 is 11.4 Å². The van der Waals surface area contributed by atoms with Crippen molar-refractivity contribution in [1.82, 2.24) is 0 Å². The summed E-state index contributed by atoms with van der Waals surface area (Å²) >= 11 is 0. The van der Waals surface area contributed by atoms with Crippen molar-refractivity contribution in [2.24, 2.45) is 0 Å². The number of hydrogen-bond acceptors (Lipinski definition) is 6. The van der Waals surface area contributed by atoms with Gasteiger partial charge in [-0.05, 0) is 24.3 Å². The molecule has 0 unspecified atom stereocenters. The van der Waals surface area contributed by atoms with Crippen LogP contribution in [0.15, 0.2) is 42.5 Å². The summed E-state index contributed by atoms with van der Waals surface area (Å²) in [5.41, 5.74) is -0.527. The van der Waals surface area contributed by atoms with Crippen LogP contribution in [-0.2, 0) is 0 Å². The maximum atomic E-state index is 10.8. The largest absolute Gasteiger partial charge is 0.457 e. The summed E-state index contributed by atoms with van der Waals surface area (Å²) in [5.74, 6) is 0.453. The van der Waals surface area contributed by atoms with Gasteiger partial charge in [-0.1, -0.05) is 0 Å². The smallest absolute Gasteiger partial charge is 0.290 e. The molecule has 104 valence electrons. The van der Waals surface area contributed by atoms with Crippen LogP contribution < -0.4 is 4.74 Å². The summed E-state index contributed by atoms with van der Waals surface area (Å²) in [4.78, 5) is 20.1. The highest BCUT2D eigenvalue weighted by Crippen LogP contribution is 2.28. The summed E-state index contributed by atoms with van der Waals surface area (Å²) in [6.45, 7) is 0. The van der Waals surface area contributed by atoms with Crippen molar-refractivity contribution in [3.05, 3.63) is 68.3 Å². The fourth-order valence-electron chi connectivity index (χ4n) is 1.59. The number of nitro benzene ring substituents is 2. The standard InChI is InChI=1S/C13H7N3O5/c14-8-9-1-4-12(7-13(9)16(19)20)21-11-5-2-10(3-6-11)15(17)18/h1-7H. The summed E-state index contributed by atoms with van der Waals surface area (Å²) < 4.78 is 5.37. The first kappa shape index (κ1) is 14.0. The zero-order valence-corrected chi connectivity index (χ0v) is 10.4. The zero-order chi connectivity index (χ0) is 15.4. The molecule has 21 heavy (non-hydrogen) atoms. The Morgan fingerprint density at radius 3 is 2.10 bits per heavy atom. The molecule has 8 nitrogen and oxygen atoms in total. The number of non-ortho nitro benzene ring substituents is 1. The fourth-order valence-corrected chi connectivity index (χ4v) is 1.59. The van der Waals surface area contributed by atoms with Crippen LogP contribution in [0.3, 0.4) is 0 Å². The van der Waals surface area contributed by atoms with Gasteiger partial charge in [0.25, 0.3) is 11.4 Å². The molecule has 2 aromatic carbocycles. The SMILES string of the molecule is N#Cc1ccc(Oc2ccc([N+](=O)[O-])cc2)cc1[N+](=O)[O-]. The van der Waals surface area contributed by atoms with E-state index < -0.39 is 9.85 Å². The molecule has 0 fully saturated rings. The summed E-state index contributed by atoms with van der Waals surface area (Å²) in [7, 11) is 0. The second-order valence-corrected chi connectivity index (χ2v) is 3.90. The average molecular weight is 285 g/mol. The number of hydrogen-bond donors (Lipinski definition) is 0. The number of rotatable bonds is 4. The summed E-state index contributed by atoms with van der Waals surface area (Å²) in [6.07, 6.45) is 0. The molecule has 0 amide bonds. The van der Waals surface area contributed by atoms with E-state index in [9.17, 15) is 20.2 Å². The lowest BCUT2D eigenvalue weighted by Gasteiger charge is -2.05. The third-order valence-corrected chi connectivity index (χ3v) is 2.57. The molecule has 2 aromatic rings. The predicted octanol–water partition coefficient (Wildman–Crippen LogP) is 3.17. The molecule has 0 heterocycles. The first-order valence-corrected chi connectivity index (χ1v) is 5.62. The Morgan fingerprint density at radius 1 is 0.952 bits per heavy atom. The number of nitrogens with zero attached hydrogens (tertiary/aromatic N) is 3. The van der Waals surface area contributed by atoms with Crippen molar-refractivity contribution < 1.29 is 14.6 Å². The van der Waals surface area contributed by atoms with Crippen LogP contribution in [0.2, 0.25) is 0 Å². The van der Waals surface area contributed by atoms with Gasteiger partial charge in [0.05, 0.1) is 15.9 Å². The number of benzene rings is 2. The quantitative estimate of drug-likeness (QED) is 0.628. The van der Waals surface area contributed by atoms with E-state index in [1.807, 2.05) is 0 Å². The van der Waals surface area contributed by atoms with Crippen LogP contribution in [-0.4, -0.2) is 9.85 Å². The topological polar surface area (TPSA) is 119 Å². The summed E-state index contributed by atoms with van der Waals surface area (Å²) in [5, 5.41) is 30.1. The molecule has 0 saturated carbocycles. The van der Waals surface area contributed by atoms with Gasteiger partial charge < -0.3 is 4.74 Å². The predicted molar refractivity (Wildman–Crippen MR) is 71.0 cm³/mol. The average Bonchev–Trinajstić information content (AvgIpc) is 2.47. The van der Waals surface area contributed by atoms with E-state index in [2.05, 4.69) is 0 Å². The van der Waals surface area contributed by atoms with Crippen molar-refractivity contribution in [2.75, 3.05) is 0 Å². The Kier molecular flexibility index (Phi) is 3.76. The van der Waals surface area contributed by atoms with Gasteiger partial charge in [0.1, 0.15) is 23.1 Å². The maximum Gasteiger partial charge on any atom is 0.290 e. The Hall–Kier alpha value is -3.47. The van der Waals surface area contributed by atoms with Crippen LogP contribution in [0, 0.1) is 31.6 Å². The molecular formula is C13H7N3O5. The number of ether oxygens (including phenoxy) is 1. The highest BCUT2D eigenvalue weighted by molar-refractivity contribution is 5.53. The van der Waals surface area contributed by atoms with Crippen LogP contribution in [0.1, 0.15) is 5.56 Å². The van der Waals surface area contributed by atoms with Crippen LogP contribution in [0.25, 0.3) is 0 Å². The monoisotopic (exact) mass is 285 g/mol. The summed E-state index contributed by atoms with van der Waals surface area (Å²) in [6, 6.07) is 10.8. The highest BCUT2D eigenvalue weighted by Gasteiger charge is 2.15. The first-order valence-electron chi connectivity index (χ1n) is 5.62. The fraction of sp³-hybridized carbons (Fsp3) is 0. The van der Waals surface area contributed by atoms with Crippen molar-refractivity contribution in [2.45, 2.75) is 0 Å². The van der Waals surface area contributed by atoms with Gasteiger partial charge in [-0.25, -0.2) is 0 Å². The third-order valence-electron chi connectivity index (χ3n) is 2.57.